The number of ether oxygens (including phenoxy) is 3. The number of fused-ring (bicyclic) bond motifs is 2. The van der Waals surface area contributed by atoms with Crippen molar-refractivity contribution >= 4 is 16.8 Å². The quantitative estimate of drug-likeness (QED) is 0.575. The largest absolute Gasteiger partial charge is 0.454 e. The molecule has 0 fully saturated rings. The number of aromatic nitrogens is 2. The van der Waals surface area contributed by atoms with Crippen molar-refractivity contribution in [2.24, 2.45) is 0 Å². The molecule has 0 atom stereocenters. The number of carbonyl (C=O) groups excluding carboxylic acids is 1. The van der Waals surface area contributed by atoms with E-state index in [1.54, 1.807) is 42.5 Å². The average molecular weight is 411 g/mol. The smallest absolute Gasteiger partial charge is 0.332 e. The molecule has 0 bridgehead atoms. The van der Waals surface area contributed by atoms with Crippen LogP contribution in [-0.2, 0) is 22.6 Å². The number of hydrogen-bond acceptors (Lipinski definition) is 6. The lowest BCUT2D eigenvalue weighted by atomic mass is 10.2. The third kappa shape index (κ3) is 3.79. The van der Waals surface area contributed by atoms with Crippen molar-refractivity contribution in [3.8, 4) is 11.5 Å². The Morgan fingerprint density at radius 3 is 2.73 bits per heavy atom. The number of amides is 1. The van der Waals surface area contributed by atoms with E-state index in [0.717, 1.165) is 4.57 Å². The minimum Gasteiger partial charge on any atom is -0.454 e. The molecule has 0 unspecified atom stereocenters. The topological polar surface area (TPSA) is 101 Å². The molecule has 1 aliphatic heterocycles. The number of nitrogens with one attached hydrogen (secondary N) is 1. The van der Waals surface area contributed by atoms with Gasteiger partial charge in [0.1, 0.15) is 6.54 Å². The van der Waals surface area contributed by atoms with Gasteiger partial charge in [0, 0.05) is 13.7 Å². The summed E-state index contributed by atoms with van der Waals surface area (Å²) in [5.74, 6) is 0.849. The van der Waals surface area contributed by atoms with Crippen LogP contribution in [0.2, 0.25) is 0 Å². The lowest BCUT2D eigenvalue weighted by molar-refractivity contribution is -0.121. The first-order valence-corrected chi connectivity index (χ1v) is 9.45. The van der Waals surface area contributed by atoms with Crippen LogP contribution in [0.3, 0.4) is 0 Å². The molecule has 2 heterocycles. The molecular weight excluding hydrogens is 390 g/mol. The summed E-state index contributed by atoms with van der Waals surface area (Å²) in [5, 5.41) is 3.06. The Morgan fingerprint density at radius 2 is 1.90 bits per heavy atom. The van der Waals surface area contributed by atoms with Gasteiger partial charge >= 0.3 is 5.69 Å². The number of rotatable bonds is 7. The predicted octanol–water partition coefficient (Wildman–Crippen LogP) is 0.703. The van der Waals surface area contributed by atoms with Gasteiger partial charge in [0.25, 0.3) is 5.56 Å². The first kappa shape index (κ1) is 19.7. The molecule has 156 valence electrons. The van der Waals surface area contributed by atoms with Crippen LogP contribution in [0.15, 0.2) is 52.1 Å². The molecule has 3 aromatic rings. The lowest BCUT2D eigenvalue weighted by Gasteiger charge is -2.14. The highest BCUT2D eigenvalue weighted by Gasteiger charge is 2.17. The molecule has 9 nitrogen and oxygen atoms in total. The highest BCUT2D eigenvalue weighted by molar-refractivity contribution is 5.81. The molecule has 2 aromatic carbocycles. The van der Waals surface area contributed by atoms with Gasteiger partial charge in [-0.05, 0) is 29.8 Å². The van der Waals surface area contributed by atoms with Crippen LogP contribution >= 0.6 is 0 Å². The van der Waals surface area contributed by atoms with Gasteiger partial charge in [0.2, 0.25) is 12.7 Å². The zero-order valence-corrected chi connectivity index (χ0v) is 16.4. The monoisotopic (exact) mass is 411 g/mol. The summed E-state index contributed by atoms with van der Waals surface area (Å²) in [7, 11) is 1.54. The maximum absolute atomic E-state index is 13.2. The second-order valence-electron chi connectivity index (χ2n) is 6.81. The van der Waals surface area contributed by atoms with E-state index in [0.29, 0.717) is 41.1 Å². The highest BCUT2D eigenvalue weighted by atomic mass is 16.7. The standard InChI is InChI=1S/C21H21N3O6/c1-28-9-8-22-19(25)12-23-16-5-3-2-4-15(16)20(26)24(21(23)27)11-14-6-7-17-18(10-14)30-13-29-17/h2-7,10H,8-9,11-13H2,1H3,(H,22,25). The fraction of sp³-hybridized carbons (Fsp3) is 0.286. The maximum Gasteiger partial charge on any atom is 0.332 e. The fourth-order valence-electron chi connectivity index (χ4n) is 3.38. The molecule has 4 rings (SSSR count). The van der Waals surface area contributed by atoms with Crippen molar-refractivity contribution in [3.63, 3.8) is 0 Å². The molecular formula is C21H21N3O6. The molecule has 0 aliphatic carbocycles. The van der Waals surface area contributed by atoms with Crippen molar-refractivity contribution in [3.05, 3.63) is 68.9 Å². The van der Waals surface area contributed by atoms with Crippen LogP contribution in [0.1, 0.15) is 5.56 Å². The zero-order chi connectivity index (χ0) is 21.1. The minimum absolute atomic E-state index is 0.0461. The van der Waals surface area contributed by atoms with Crippen molar-refractivity contribution in [2.75, 3.05) is 27.1 Å². The SMILES string of the molecule is COCCNC(=O)Cn1c(=O)n(Cc2ccc3c(c2)OCO3)c(=O)c2ccccc21. The van der Waals surface area contributed by atoms with E-state index in [-0.39, 0.29) is 25.8 Å². The van der Waals surface area contributed by atoms with E-state index in [1.165, 1.54) is 11.7 Å². The molecule has 1 amide bonds. The Morgan fingerprint density at radius 1 is 1.10 bits per heavy atom. The van der Waals surface area contributed by atoms with Crippen LogP contribution in [0.5, 0.6) is 11.5 Å². The van der Waals surface area contributed by atoms with Gasteiger partial charge in [0.05, 0.1) is 24.1 Å². The van der Waals surface area contributed by atoms with Crippen LogP contribution in [0.25, 0.3) is 10.9 Å². The van der Waals surface area contributed by atoms with E-state index in [4.69, 9.17) is 14.2 Å². The number of para-hydroxylation sites is 1. The van der Waals surface area contributed by atoms with Crippen molar-refractivity contribution in [1.29, 1.82) is 0 Å². The van der Waals surface area contributed by atoms with E-state index in [9.17, 15) is 14.4 Å². The normalized spacial score (nSPS) is 12.3. The summed E-state index contributed by atoms with van der Waals surface area (Å²) in [6.45, 7) is 0.679. The number of hydrogen-bond donors (Lipinski definition) is 1. The number of benzene rings is 2. The second kappa shape index (κ2) is 8.42. The van der Waals surface area contributed by atoms with Crippen LogP contribution in [0.4, 0.5) is 0 Å². The molecule has 1 N–H and O–H groups in total. The summed E-state index contributed by atoms with van der Waals surface area (Å²) < 4.78 is 18.0. The molecule has 0 spiro atoms. The Bertz CT molecular complexity index is 1210. The highest BCUT2D eigenvalue weighted by Crippen LogP contribution is 2.32. The third-order valence-corrected chi connectivity index (χ3v) is 4.84. The van der Waals surface area contributed by atoms with E-state index in [2.05, 4.69) is 5.32 Å². The summed E-state index contributed by atoms with van der Waals surface area (Å²) in [6, 6.07) is 12.0. The second-order valence-corrected chi connectivity index (χ2v) is 6.81. The molecule has 9 heteroatoms. The van der Waals surface area contributed by atoms with Gasteiger partial charge in [-0.25, -0.2) is 4.79 Å². The Hall–Kier alpha value is -3.59. The first-order chi connectivity index (χ1) is 14.6. The lowest BCUT2D eigenvalue weighted by Crippen LogP contribution is -2.43. The summed E-state index contributed by atoms with van der Waals surface area (Å²) in [4.78, 5) is 38.5. The summed E-state index contributed by atoms with van der Waals surface area (Å²) in [5.41, 5.74) is 0.156. The summed E-state index contributed by atoms with van der Waals surface area (Å²) >= 11 is 0. The molecule has 0 radical (unpaired) electrons. The minimum atomic E-state index is -0.557. The van der Waals surface area contributed by atoms with Crippen LogP contribution in [0, 0.1) is 0 Å². The number of methoxy groups -OCH3 is 1. The van der Waals surface area contributed by atoms with Gasteiger partial charge in [-0.15, -0.1) is 0 Å². The third-order valence-electron chi connectivity index (χ3n) is 4.84. The Balaban J connectivity index is 1.73. The Labute approximate surface area is 171 Å². The van der Waals surface area contributed by atoms with E-state index in [1.807, 2.05) is 0 Å². The van der Waals surface area contributed by atoms with Gasteiger partial charge in [-0.3, -0.25) is 18.7 Å². The molecule has 1 aliphatic rings. The zero-order valence-electron chi connectivity index (χ0n) is 16.4. The van der Waals surface area contributed by atoms with Gasteiger partial charge < -0.3 is 19.5 Å². The number of carbonyl (C=O) groups is 1. The molecule has 30 heavy (non-hydrogen) atoms. The molecule has 1 aromatic heterocycles. The predicted molar refractivity (Wildman–Crippen MR) is 109 cm³/mol. The van der Waals surface area contributed by atoms with Crippen LogP contribution in [-0.4, -0.2) is 42.1 Å². The van der Waals surface area contributed by atoms with E-state index < -0.39 is 11.2 Å². The van der Waals surface area contributed by atoms with Crippen molar-refractivity contribution < 1.29 is 19.0 Å². The molecule has 0 saturated heterocycles. The van der Waals surface area contributed by atoms with Crippen molar-refractivity contribution in [2.45, 2.75) is 13.1 Å². The van der Waals surface area contributed by atoms with Crippen molar-refractivity contribution in [1.82, 2.24) is 14.5 Å². The number of nitrogens with zero attached hydrogens (tertiary/aromatic N) is 2. The Kier molecular flexibility index (Phi) is 5.53. The summed E-state index contributed by atoms with van der Waals surface area (Å²) in [6.07, 6.45) is 0. The van der Waals surface area contributed by atoms with Crippen LogP contribution < -0.4 is 26.0 Å². The van der Waals surface area contributed by atoms with Gasteiger partial charge in [0.15, 0.2) is 11.5 Å². The fourth-order valence-corrected chi connectivity index (χ4v) is 3.38. The van der Waals surface area contributed by atoms with Gasteiger partial charge in [-0.2, -0.15) is 0 Å². The average Bonchev–Trinajstić information content (AvgIpc) is 3.22. The maximum atomic E-state index is 13.2. The molecule has 0 saturated carbocycles. The van der Waals surface area contributed by atoms with E-state index >= 15 is 0 Å². The van der Waals surface area contributed by atoms with Gasteiger partial charge in [-0.1, -0.05) is 18.2 Å². The first-order valence-electron chi connectivity index (χ1n) is 9.45.